The van der Waals surface area contributed by atoms with Crippen molar-refractivity contribution in [3.63, 3.8) is 0 Å². The van der Waals surface area contributed by atoms with Crippen LogP contribution >= 0.6 is 0 Å². The predicted molar refractivity (Wildman–Crippen MR) is 131 cm³/mol. The number of fused-ring (bicyclic) bond motifs is 1. The summed E-state index contributed by atoms with van der Waals surface area (Å²) in [6.45, 7) is 6.95. The van der Waals surface area contributed by atoms with Crippen LogP contribution < -0.4 is 20.7 Å². The van der Waals surface area contributed by atoms with E-state index in [1.807, 2.05) is 26.0 Å². The zero-order chi connectivity index (χ0) is 24.7. The van der Waals surface area contributed by atoms with Crippen molar-refractivity contribution in [1.29, 1.82) is 0 Å². The number of imidazole rings is 1. The molecule has 2 amide bonds. The Balaban J connectivity index is 1.64. The van der Waals surface area contributed by atoms with Gasteiger partial charge in [0.2, 0.25) is 17.7 Å². The van der Waals surface area contributed by atoms with E-state index >= 15 is 0 Å². The maximum atomic E-state index is 12.8. The van der Waals surface area contributed by atoms with Crippen LogP contribution in [0.25, 0.3) is 5.65 Å². The molecule has 3 rings (SSSR count). The number of nitrogens with one attached hydrogen (secondary N) is 3. The normalized spacial score (nSPS) is 12.1. The number of carbonyl (C=O) groups is 2. The highest BCUT2D eigenvalue weighted by Gasteiger charge is 2.36. The first kappa shape index (κ1) is 24.4. The molecule has 178 valence electrons. The highest BCUT2D eigenvalue weighted by atomic mass is 16.5. The molecule has 3 N–H and O–H groups in total. The third-order valence-corrected chi connectivity index (χ3v) is 4.92. The molecule has 3 aromatic rings. The van der Waals surface area contributed by atoms with Crippen LogP contribution in [0.15, 0.2) is 60.6 Å². The van der Waals surface area contributed by atoms with Crippen molar-refractivity contribution in [1.82, 2.24) is 24.9 Å². The number of hydrogen-bond acceptors (Lipinski definition) is 7. The van der Waals surface area contributed by atoms with Crippen LogP contribution in [0.1, 0.15) is 34.1 Å². The molecule has 3 aromatic heterocycles. The van der Waals surface area contributed by atoms with E-state index in [1.165, 1.54) is 6.20 Å². The van der Waals surface area contributed by atoms with Crippen molar-refractivity contribution in [3.05, 3.63) is 60.6 Å². The third kappa shape index (κ3) is 5.77. The summed E-state index contributed by atoms with van der Waals surface area (Å²) in [5.41, 5.74) is 0.0180. The Morgan fingerprint density at radius 1 is 1.15 bits per heavy atom. The second kappa shape index (κ2) is 10.6. The number of ether oxygens (including phenoxy) is 1. The van der Waals surface area contributed by atoms with E-state index in [1.54, 1.807) is 61.9 Å². The third-order valence-electron chi connectivity index (χ3n) is 4.92. The van der Waals surface area contributed by atoms with Gasteiger partial charge >= 0.3 is 0 Å². The van der Waals surface area contributed by atoms with Gasteiger partial charge in [0.1, 0.15) is 22.8 Å². The zero-order valence-electron chi connectivity index (χ0n) is 19.9. The second-order valence-electron chi connectivity index (χ2n) is 7.93. The van der Waals surface area contributed by atoms with Gasteiger partial charge in [0.15, 0.2) is 5.65 Å². The highest BCUT2D eigenvalue weighted by molar-refractivity contribution is 6.10. The maximum absolute atomic E-state index is 12.8. The molecule has 0 spiro atoms. The number of aromatic nitrogens is 4. The van der Waals surface area contributed by atoms with Crippen LogP contribution in [0.3, 0.4) is 0 Å². The Bertz CT molecular complexity index is 1230. The molecule has 0 aliphatic heterocycles. The van der Waals surface area contributed by atoms with E-state index in [9.17, 15) is 9.59 Å². The molecule has 0 aromatic carbocycles. The summed E-state index contributed by atoms with van der Waals surface area (Å²) in [5, 5.41) is 12.8. The topological polar surface area (TPSA) is 123 Å². The Morgan fingerprint density at radius 2 is 1.94 bits per heavy atom. The first-order valence-electron chi connectivity index (χ1n) is 10.9. The van der Waals surface area contributed by atoms with Crippen LogP contribution in [0, 0.1) is 5.41 Å². The number of allylic oxidation sites excluding steroid dienone is 3. The van der Waals surface area contributed by atoms with Crippen LogP contribution in [-0.2, 0) is 9.59 Å². The van der Waals surface area contributed by atoms with E-state index in [2.05, 4.69) is 31.0 Å². The number of nitrogens with zero attached hydrogens (tertiary/aromatic N) is 4. The monoisotopic (exact) mass is 463 g/mol. The minimum Gasteiger partial charge on any atom is -0.436 e. The van der Waals surface area contributed by atoms with Gasteiger partial charge in [-0.1, -0.05) is 19.1 Å². The first-order valence-corrected chi connectivity index (χ1v) is 10.9. The average molecular weight is 464 g/mol. The van der Waals surface area contributed by atoms with E-state index in [0.29, 0.717) is 34.6 Å². The molecule has 0 bridgehead atoms. The lowest BCUT2D eigenvalue weighted by Gasteiger charge is -2.22. The summed E-state index contributed by atoms with van der Waals surface area (Å²) in [5.74, 6) is 0.910. The van der Waals surface area contributed by atoms with Gasteiger partial charge in [0, 0.05) is 18.8 Å². The standard InChI is InChI=1S/C24H29N7O3/c1-6-8-16(9-7-2)27-22(32)24(3,4)23(33)29-18-11-10-17(14-26-18)34-21-13-12-20-28-19(25-5)15-31(20)30-21/h6,8-15,25H,7H2,1-5H3,(H,27,32)(H,26,29,33)/b8-6-,16-9+. The second-order valence-corrected chi connectivity index (χ2v) is 7.93. The summed E-state index contributed by atoms with van der Waals surface area (Å²) < 4.78 is 7.36. The number of carbonyl (C=O) groups excluding carboxylic acids is 2. The Hall–Kier alpha value is -4.21. The van der Waals surface area contributed by atoms with E-state index < -0.39 is 17.2 Å². The predicted octanol–water partition coefficient (Wildman–Crippen LogP) is 3.91. The SMILES string of the molecule is C/C=C\C(=C/CC)NC(=O)C(C)(C)C(=O)Nc1ccc(Oc2ccc3nc(NC)cn3n2)cn1. The lowest BCUT2D eigenvalue weighted by atomic mass is 9.91. The van der Waals surface area contributed by atoms with Gasteiger partial charge in [-0.25, -0.2) is 14.5 Å². The van der Waals surface area contributed by atoms with E-state index in [-0.39, 0.29) is 0 Å². The van der Waals surface area contributed by atoms with Crippen molar-refractivity contribution in [2.75, 3.05) is 17.7 Å². The molecular formula is C24H29N7O3. The first-order chi connectivity index (χ1) is 16.3. The highest BCUT2D eigenvalue weighted by Crippen LogP contribution is 2.23. The maximum Gasteiger partial charge on any atom is 0.240 e. The van der Waals surface area contributed by atoms with Gasteiger partial charge in [-0.15, -0.1) is 5.10 Å². The number of hydrogen-bond donors (Lipinski definition) is 3. The molecule has 0 saturated heterocycles. The quantitative estimate of drug-likeness (QED) is 0.325. The van der Waals surface area contributed by atoms with Gasteiger partial charge in [-0.2, -0.15) is 0 Å². The van der Waals surface area contributed by atoms with Crippen molar-refractivity contribution in [3.8, 4) is 11.6 Å². The van der Waals surface area contributed by atoms with Crippen LogP contribution in [0.2, 0.25) is 0 Å². The number of rotatable bonds is 9. The van der Waals surface area contributed by atoms with Crippen molar-refractivity contribution in [2.24, 2.45) is 5.41 Å². The molecule has 0 atom stereocenters. The minimum atomic E-state index is -1.32. The molecule has 0 aliphatic carbocycles. The van der Waals surface area contributed by atoms with Crippen LogP contribution in [-0.4, -0.2) is 38.4 Å². The van der Waals surface area contributed by atoms with E-state index in [4.69, 9.17) is 4.74 Å². The molecule has 0 saturated carbocycles. The number of pyridine rings is 1. The lowest BCUT2D eigenvalue weighted by molar-refractivity contribution is -0.137. The van der Waals surface area contributed by atoms with Gasteiger partial charge < -0.3 is 20.7 Å². The molecular weight excluding hydrogens is 434 g/mol. The van der Waals surface area contributed by atoms with Crippen molar-refractivity contribution < 1.29 is 14.3 Å². The fourth-order valence-corrected chi connectivity index (χ4v) is 2.90. The minimum absolute atomic E-state index is 0.299. The van der Waals surface area contributed by atoms with Crippen LogP contribution in [0.4, 0.5) is 11.6 Å². The number of amides is 2. The van der Waals surface area contributed by atoms with Gasteiger partial charge in [-0.05, 0) is 51.5 Å². The molecule has 3 heterocycles. The summed E-state index contributed by atoms with van der Waals surface area (Å²) in [6.07, 6.45) is 9.46. The van der Waals surface area contributed by atoms with Crippen LogP contribution in [0.5, 0.6) is 11.6 Å². The summed E-state index contributed by atoms with van der Waals surface area (Å²) in [6, 6.07) is 6.74. The molecule has 0 radical (unpaired) electrons. The lowest BCUT2D eigenvalue weighted by Crippen LogP contribution is -2.44. The molecule has 34 heavy (non-hydrogen) atoms. The van der Waals surface area contributed by atoms with Crippen molar-refractivity contribution in [2.45, 2.75) is 34.1 Å². The smallest absolute Gasteiger partial charge is 0.240 e. The Morgan fingerprint density at radius 3 is 2.59 bits per heavy atom. The Labute approximate surface area is 198 Å². The largest absolute Gasteiger partial charge is 0.436 e. The molecule has 10 heteroatoms. The molecule has 0 fully saturated rings. The number of anilines is 2. The molecule has 10 nitrogen and oxygen atoms in total. The van der Waals surface area contributed by atoms with Gasteiger partial charge in [0.25, 0.3) is 0 Å². The molecule has 0 unspecified atom stereocenters. The zero-order valence-corrected chi connectivity index (χ0v) is 19.9. The fraction of sp³-hybridized carbons (Fsp3) is 0.292. The summed E-state index contributed by atoms with van der Waals surface area (Å²) >= 11 is 0. The fourth-order valence-electron chi connectivity index (χ4n) is 2.90. The average Bonchev–Trinajstić information content (AvgIpc) is 3.23. The summed E-state index contributed by atoms with van der Waals surface area (Å²) in [4.78, 5) is 34.1. The van der Waals surface area contributed by atoms with Crippen molar-refractivity contribution >= 4 is 29.1 Å². The van der Waals surface area contributed by atoms with E-state index in [0.717, 1.165) is 6.42 Å². The van der Waals surface area contributed by atoms with Gasteiger partial charge in [0.05, 0.1) is 12.4 Å². The Kier molecular flexibility index (Phi) is 7.62. The van der Waals surface area contributed by atoms with Gasteiger partial charge in [-0.3, -0.25) is 9.59 Å². The summed E-state index contributed by atoms with van der Waals surface area (Å²) in [7, 11) is 1.78. The molecule has 0 aliphatic rings.